The summed E-state index contributed by atoms with van der Waals surface area (Å²) < 4.78 is 14.0. The van der Waals surface area contributed by atoms with Crippen LogP contribution >= 0.6 is 11.8 Å². The normalized spacial score (nSPS) is 11.0. The van der Waals surface area contributed by atoms with Gasteiger partial charge in [-0.25, -0.2) is 4.39 Å². The minimum atomic E-state index is -0.131. The fraction of sp³-hybridized carbons (Fsp3) is 0.294. The zero-order chi connectivity index (χ0) is 14.4. The molecule has 0 spiro atoms. The second-order valence-electron chi connectivity index (χ2n) is 5.04. The predicted octanol–water partition coefficient (Wildman–Crippen LogP) is 4.62. The summed E-state index contributed by atoms with van der Waals surface area (Å²) in [6.07, 6.45) is 0. The lowest BCUT2D eigenvalue weighted by atomic mass is 10.2. The summed E-state index contributed by atoms with van der Waals surface area (Å²) >= 11 is 1.56. The quantitative estimate of drug-likeness (QED) is 0.779. The Balaban J connectivity index is 2.09. The van der Waals surface area contributed by atoms with Gasteiger partial charge in [0.1, 0.15) is 5.82 Å². The highest BCUT2D eigenvalue weighted by atomic mass is 32.2. The smallest absolute Gasteiger partial charge is 0.137 e. The van der Waals surface area contributed by atoms with Gasteiger partial charge in [-0.1, -0.05) is 56.3 Å². The van der Waals surface area contributed by atoms with E-state index in [4.69, 9.17) is 0 Å². The summed E-state index contributed by atoms with van der Waals surface area (Å²) in [6, 6.07) is 15.9. The van der Waals surface area contributed by atoms with Crippen molar-refractivity contribution >= 4 is 11.8 Å². The van der Waals surface area contributed by atoms with E-state index < -0.39 is 0 Å². The third kappa shape index (κ3) is 4.36. The van der Waals surface area contributed by atoms with Gasteiger partial charge in [-0.15, -0.1) is 11.8 Å². The van der Waals surface area contributed by atoms with Crippen LogP contribution in [0.5, 0.6) is 0 Å². The van der Waals surface area contributed by atoms with Gasteiger partial charge in [-0.05, 0) is 17.2 Å². The van der Waals surface area contributed by atoms with E-state index in [2.05, 4.69) is 31.3 Å². The zero-order valence-corrected chi connectivity index (χ0v) is 12.7. The number of hydrogen-bond acceptors (Lipinski definition) is 2. The Bertz CT molecular complexity index is 540. The topological polar surface area (TPSA) is 12.0 Å². The number of halogens is 1. The molecule has 0 aliphatic heterocycles. The number of rotatable bonds is 6. The van der Waals surface area contributed by atoms with Crippen molar-refractivity contribution in [3.8, 4) is 0 Å². The second kappa shape index (κ2) is 7.46. The molecule has 3 heteroatoms. The van der Waals surface area contributed by atoms with Crippen LogP contribution in [0.3, 0.4) is 0 Å². The Hall–Kier alpha value is -1.32. The molecule has 2 rings (SSSR count). The summed E-state index contributed by atoms with van der Waals surface area (Å²) in [6.45, 7) is 4.89. The van der Waals surface area contributed by atoms with Gasteiger partial charge >= 0.3 is 0 Å². The maximum atomic E-state index is 14.0. The fourth-order valence-corrected chi connectivity index (χ4v) is 2.93. The lowest BCUT2D eigenvalue weighted by molar-refractivity contribution is 0.564. The molecule has 0 fully saturated rings. The van der Waals surface area contributed by atoms with Crippen molar-refractivity contribution < 1.29 is 4.39 Å². The fourth-order valence-electron chi connectivity index (χ4n) is 1.90. The van der Waals surface area contributed by atoms with Gasteiger partial charge < -0.3 is 5.32 Å². The van der Waals surface area contributed by atoms with Gasteiger partial charge in [0.15, 0.2) is 0 Å². The second-order valence-corrected chi connectivity index (χ2v) is 6.02. The van der Waals surface area contributed by atoms with E-state index in [1.807, 2.05) is 24.3 Å². The van der Waals surface area contributed by atoms with Crippen LogP contribution in [-0.2, 0) is 12.3 Å². The number of hydrogen-bond donors (Lipinski definition) is 1. The van der Waals surface area contributed by atoms with Gasteiger partial charge in [0.25, 0.3) is 0 Å². The Morgan fingerprint density at radius 2 is 1.80 bits per heavy atom. The molecular weight excluding hydrogens is 269 g/mol. The van der Waals surface area contributed by atoms with Crippen LogP contribution in [0.4, 0.5) is 4.39 Å². The average Bonchev–Trinajstić information content (AvgIpc) is 2.45. The minimum absolute atomic E-state index is 0.131. The molecule has 0 amide bonds. The van der Waals surface area contributed by atoms with Gasteiger partial charge in [0.05, 0.1) is 0 Å². The van der Waals surface area contributed by atoms with E-state index in [0.29, 0.717) is 12.6 Å². The van der Waals surface area contributed by atoms with Gasteiger partial charge in [0.2, 0.25) is 0 Å². The molecule has 0 bridgehead atoms. The van der Waals surface area contributed by atoms with Crippen molar-refractivity contribution in [1.82, 2.24) is 5.32 Å². The van der Waals surface area contributed by atoms with Crippen molar-refractivity contribution in [2.75, 3.05) is 0 Å². The summed E-state index contributed by atoms with van der Waals surface area (Å²) in [7, 11) is 0. The molecule has 2 aromatic rings. The first-order valence-electron chi connectivity index (χ1n) is 6.84. The van der Waals surface area contributed by atoms with Crippen LogP contribution in [0.2, 0.25) is 0 Å². The molecular formula is C17H20FNS. The monoisotopic (exact) mass is 289 g/mol. The largest absolute Gasteiger partial charge is 0.310 e. The van der Waals surface area contributed by atoms with E-state index in [-0.39, 0.29) is 5.82 Å². The Morgan fingerprint density at radius 1 is 1.05 bits per heavy atom. The molecule has 0 aliphatic carbocycles. The van der Waals surface area contributed by atoms with Gasteiger partial charge in [-0.3, -0.25) is 0 Å². The molecule has 0 atom stereocenters. The van der Waals surface area contributed by atoms with Crippen molar-refractivity contribution in [1.29, 1.82) is 0 Å². The molecule has 1 nitrogen and oxygen atoms in total. The molecule has 0 unspecified atom stereocenters. The highest BCUT2D eigenvalue weighted by molar-refractivity contribution is 7.98. The highest BCUT2D eigenvalue weighted by Crippen LogP contribution is 2.29. The summed E-state index contributed by atoms with van der Waals surface area (Å²) in [5.41, 5.74) is 2.24. The highest BCUT2D eigenvalue weighted by Gasteiger charge is 2.09. The molecule has 0 heterocycles. The molecule has 0 aliphatic rings. The summed E-state index contributed by atoms with van der Waals surface area (Å²) in [5.74, 6) is 0.658. The van der Waals surface area contributed by atoms with Crippen molar-refractivity contribution in [3.63, 3.8) is 0 Å². The molecule has 106 valence electrons. The van der Waals surface area contributed by atoms with E-state index in [9.17, 15) is 4.39 Å². The molecule has 20 heavy (non-hydrogen) atoms. The summed E-state index contributed by atoms with van der Waals surface area (Å²) in [4.78, 5) is 0.754. The lowest BCUT2D eigenvalue weighted by Gasteiger charge is -2.13. The SMILES string of the molecule is CC(C)NCc1cccc(F)c1SCc1ccccc1. The third-order valence-corrected chi connectivity index (χ3v) is 4.20. The Morgan fingerprint density at radius 3 is 2.50 bits per heavy atom. The zero-order valence-electron chi connectivity index (χ0n) is 11.9. The van der Waals surface area contributed by atoms with Crippen LogP contribution in [0, 0.1) is 5.82 Å². The Labute approximate surface area is 124 Å². The van der Waals surface area contributed by atoms with Crippen LogP contribution in [-0.4, -0.2) is 6.04 Å². The van der Waals surface area contributed by atoms with Crippen molar-refractivity contribution in [2.45, 2.75) is 37.1 Å². The number of nitrogens with one attached hydrogen (secondary N) is 1. The van der Waals surface area contributed by atoms with Crippen LogP contribution in [0.15, 0.2) is 53.4 Å². The Kier molecular flexibility index (Phi) is 5.62. The van der Waals surface area contributed by atoms with E-state index in [0.717, 1.165) is 16.2 Å². The van der Waals surface area contributed by atoms with Crippen LogP contribution in [0.1, 0.15) is 25.0 Å². The van der Waals surface area contributed by atoms with Crippen molar-refractivity contribution in [3.05, 3.63) is 65.5 Å². The molecule has 1 N–H and O–H groups in total. The van der Waals surface area contributed by atoms with E-state index in [1.54, 1.807) is 17.8 Å². The molecule has 2 aromatic carbocycles. The van der Waals surface area contributed by atoms with E-state index >= 15 is 0 Å². The van der Waals surface area contributed by atoms with Crippen LogP contribution in [0.25, 0.3) is 0 Å². The number of thioether (sulfide) groups is 1. The maximum absolute atomic E-state index is 14.0. The van der Waals surface area contributed by atoms with Gasteiger partial charge in [0, 0.05) is 23.2 Å². The first-order chi connectivity index (χ1) is 9.66. The van der Waals surface area contributed by atoms with Crippen LogP contribution < -0.4 is 5.32 Å². The summed E-state index contributed by atoms with van der Waals surface area (Å²) in [5, 5.41) is 3.35. The number of benzene rings is 2. The molecule has 0 radical (unpaired) electrons. The minimum Gasteiger partial charge on any atom is -0.310 e. The van der Waals surface area contributed by atoms with E-state index in [1.165, 1.54) is 11.6 Å². The molecule has 0 saturated heterocycles. The van der Waals surface area contributed by atoms with Crippen molar-refractivity contribution in [2.24, 2.45) is 0 Å². The molecule has 0 saturated carbocycles. The maximum Gasteiger partial charge on any atom is 0.137 e. The molecule has 0 aromatic heterocycles. The first kappa shape index (κ1) is 15.1. The standard InChI is InChI=1S/C17H20FNS/c1-13(2)19-11-15-9-6-10-16(18)17(15)20-12-14-7-4-3-5-8-14/h3-10,13,19H,11-12H2,1-2H3. The predicted molar refractivity (Wildman–Crippen MR) is 84.4 cm³/mol. The average molecular weight is 289 g/mol. The van der Waals surface area contributed by atoms with Gasteiger partial charge in [-0.2, -0.15) is 0 Å². The third-order valence-electron chi connectivity index (χ3n) is 2.98. The first-order valence-corrected chi connectivity index (χ1v) is 7.83. The lowest BCUT2D eigenvalue weighted by Crippen LogP contribution is -2.22.